The van der Waals surface area contributed by atoms with Crippen molar-refractivity contribution in [3.63, 3.8) is 0 Å². The van der Waals surface area contributed by atoms with E-state index >= 15 is 0 Å². The summed E-state index contributed by atoms with van der Waals surface area (Å²) in [6.07, 6.45) is 2.53. The summed E-state index contributed by atoms with van der Waals surface area (Å²) in [6.45, 7) is 1.45. The monoisotopic (exact) mass is 357 g/mol. The second-order valence-corrected chi connectivity index (χ2v) is 5.53. The molecule has 1 N–H and O–H groups in total. The molecule has 6 heteroatoms. The summed E-state index contributed by atoms with van der Waals surface area (Å²) in [5, 5.41) is 2.74. The number of carbonyl (C=O) groups excluding carboxylic acids is 2. The Labute approximate surface area is 151 Å². The first kappa shape index (κ1) is 19.2. The van der Waals surface area contributed by atoms with Crippen LogP contribution in [-0.2, 0) is 14.3 Å². The van der Waals surface area contributed by atoms with Crippen molar-refractivity contribution in [3.05, 3.63) is 71.6 Å². The van der Waals surface area contributed by atoms with Gasteiger partial charge in [0.25, 0.3) is 5.91 Å². The number of hydrogen-bond donors (Lipinski definition) is 1. The van der Waals surface area contributed by atoms with E-state index in [2.05, 4.69) is 5.32 Å². The lowest BCUT2D eigenvalue weighted by Crippen LogP contribution is -2.30. The smallest absolute Gasteiger partial charge is 0.331 e. The first-order chi connectivity index (χ1) is 12.5. The number of esters is 1. The topological polar surface area (TPSA) is 64.6 Å². The standard InChI is InChI=1S/C20H20FNO4/c1-14(16-6-4-3-5-7-16)22-19(23)13-26-20(24)11-9-15-8-10-18(25-2)17(21)12-15/h3-12,14H,13H2,1-2H3,(H,22,23)/b11-9+/t14-/m1/s1. The zero-order chi connectivity index (χ0) is 18.9. The number of ether oxygens (including phenoxy) is 2. The van der Waals surface area contributed by atoms with E-state index in [0.717, 1.165) is 11.6 Å². The zero-order valence-electron chi connectivity index (χ0n) is 14.6. The summed E-state index contributed by atoms with van der Waals surface area (Å²) in [4.78, 5) is 23.5. The Kier molecular flexibility index (Phi) is 6.91. The zero-order valence-corrected chi connectivity index (χ0v) is 14.6. The molecule has 0 radical (unpaired) electrons. The van der Waals surface area contributed by atoms with Crippen LogP contribution in [0.4, 0.5) is 4.39 Å². The van der Waals surface area contributed by atoms with Gasteiger partial charge in [-0.2, -0.15) is 0 Å². The second kappa shape index (κ2) is 9.36. The number of nitrogens with one attached hydrogen (secondary N) is 1. The summed E-state index contributed by atoms with van der Waals surface area (Å²) < 4.78 is 23.3. The highest BCUT2D eigenvalue weighted by Crippen LogP contribution is 2.18. The average Bonchev–Trinajstić information content (AvgIpc) is 2.65. The molecular weight excluding hydrogens is 337 g/mol. The molecule has 0 heterocycles. The molecule has 0 aromatic heterocycles. The van der Waals surface area contributed by atoms with Crippen molar-refractivity contribution >= 4 is 18.0 Å². The molecule has 26 heavy (non-hydrogen) atoms. The fourth-order valence-electron chi connectivity index (χ4n) is 2.24. The van der Waals surface area contributed by atoms with Crippen LogP contribution in [0.1, 0.15) is 24.1 Å². The molecule has 0 unspecified atom stereocenters. The van der Waals surface area contributed by atoms with E-state index in [-0.39, 0.29) is 11.8 Å². The normalized spacial score (nSPS) is 11.8. The van der Waals surface area contributed by atoms with Gasteiger partial charge in [-0.25, -0.2) is 9.18 Å². The summed E-state index contributed by atoms with van der Waals surface area (Å²) in [5.41, 5.74) is 1.43. The molecule has 0 aliphatic heterocycles. The number of benzene rings is 2. The largest absolute Gasteiger partial charge is 0.494 e. The lowest BCUT2D eigenvalue weighted by Gasteiger charge is -2.13. The molecule has 2 aromatic carbocycles. The third kappa shape index (κ3) is 5.73. The fourth-order valence-corrected chi connectivity index (χ4v) is 2.24. The molecular formula is C20H20FNO4. The number of carbonyl (C=O) groups is 2. The van der Waals surface area contributed by atoms with E-state index in [0.29, 0.717) is 5.56 Å². The fraction of sp³-hybridized carbons (Fsp3) is 0.200. The quantitative estimate of drug-likeness (QED) is 0.610. The van der Waals surface area contributed by atoms with Gasteiger partial charge < -0.3 is 14.8 Å². The summed E-state index contributed by atoms with van der Waals surface area (Å²) in [6, 6.07) is 13.5. The van der Waals surface area contributed by atoms with Crippen LogP contribution in [0.3, 0.4) is 0 Å². The third-order valence-corrected chi connectivity index (χ3v) is 3.61. The van der Waals surface area contributed by atoms with Gasteiger partial charge in [0.15, 0.2) is 18.2 Å². The van der Waals surface area contributed by atoms with Gasteiger partial charge in [0.05, 0.1) is 13.2 Å². The molecule has 0 saturated carbocycles. The number of rotatable bonds is 7. The van der Waals surface area contributed by atoms with Gasteiger partial charge in [-0.15, -0.1) is 0 Å². The molecule has 2 rings (SSSR count). The number of methoxy groups -OCH3 is 1. The lowest BCUT2D eigenvalue weighted by atomic mass is 10.1. The Morgan fingerprint density at radius 1 is 1.19 bits per heavy atom. The average molecular weight is 357 g/mol. The van der Waals surface area contributed by atoms with Crippen molar-refractivity contribution in [3.8, 4) is 5.75 Å². The maximum atomic E-state index is 13.6. The van der Waals surface area contributed by atoms with Gasteiger partial charge in [0.1, 0.15) is 0 Å². The van der Waals surface area contributed by atoms with Crippen LogP contribution in [0.15, 0.2) is 54.6 Å². The highest BCUT2D eigenvalue weighted by Gasteiger charge is 2.10. The Morgan fingerprint density at radius 3 is 2.58 bits per heavy atom. The number of hydrogen-bond acceptors (Lipinski definition) is 4. The van der Waals surface area contributed by atoms with Gasteiger partial charge in [-0.3, -0.25) is 4.79 Å². The van der Waals surface area contributed by atoms with Crippen molar-refractivity contribution in [2.45, 2.75) is 13.0 Å². The summed E-state index contributed by atoms with van der Waals surface area (Å²) >= 11 is 0. The van der Waals surface area contributed by atoms with Crippen LogP contribution in [0.5, 0.6) is 5.75 Å². The van der Waals surface area contributed by atoms with Gasteiger partial charge in [0.2, 0.25) is 0 Å². The van der Waals surface area contributed by atoms with E-state index < -0.39 is 24.3 Å². The lowest BCUT2D eigenvalue weighted by molar-refractivity contribution is -0.144. The van der Waals surface area contributed by atoms with E-state index in [4.69, 9.17) is 9.47 Å². The molecule has 0 saturated heterocycles. The first-order valence-corrected chi connectivity index (χ1v) is 8.02. The minimum absolute atomic E-state index is 0.119. The van der Waals surface area contributed by atoms with Gasteiger partial charge in [0, 0.05) is 6.08 Å². The number of halogens is 1. The van der Waals surface area contributed by atoms with E-state index in [1.54, 1.807) is 6.07 Å². The molecule has 1 amide bonds. The molecule has 136 valence electrons. The Bertz CT molecular complexity index is 790. The SMILES string of the molecule is COc1ccc(/C=C/C(=O)OCC(=O)N[C@H](C)c2ccccc2)cc1F. The van der Waals surface area contributed by atoms with E-state index in [9.17, 15) is 14.0 Å². The number of amides is 1. The van der Waals surface area contributed by atoms with Crippen LogP contribution >= 0.6 is 0 Å². The maximum Gasteiger partial charge on any atom is 0.331 e. The molecule has 0 bridgehead atoms. The Balaban J connectivity index is 1.80. The van der Waals surface area contributed by atoms with Crippen LogP contribution in [0.25, 0.3) is 6.08 Å². The van der Waals surface area contributed by atoms with Crippen LogP contribution in [-0.4, -0.2) is 25.6 Å². The van der Waals surface area contributed by atoms with E-state index in [1.165, 1.54) is 25.3 Å². The Morgan fingerprint density at radius 2 is 1.92 bits per heavy atom. The van der Waals surface area contributed by atoms with Crippen molar-refractivity contribution < 1.29 is 23.5 Å². The predicted molar refractivity (Wildman–Crippen MR) is 95.9 cm³/mol. The van der Waals surface area contributed by atoms with Gasteiger partial charge in [-0.1, -0.05) is 36.4 Å². The van der Waals surface area contributed by atoms with Crippen LogP contribution in [0.2, 0.25) is 0 Å². The van der Waals surface area contributed by atoms with Crippen molar-refractivity contribution in [2.75, 3.05) is 13.7 Å². The molecule has 0 spiro atoms. The van der Waals surface area contributed by atoms with Crippen molar-refractivity contribution in [2.24, 2.45) is 0 Å². The Hall–Kier alpha value is -3.15. The van der Waals surface area contributed by atoms with Crippen LogP contribution < -0.4 is 10.1 Å². The molecule has 2 aromatic rings. The highest BCUT2D eigenvalue weighted by atomic mass is 19.1. The summed E-state index contributed by atoms with van der Waals surface area (Å²) in [5.74, 6) is -1.51. The molecule has 5 nitrogen and oxygen atoms in total. The van der Waals surface area contributed by atoms with Gasteiger partial charge >= 0.3 is 5.97 Å². The minimum Gasteiger partial charge on any atom is -0.494 e. The van der Waals surface area contributed by atoms with E-state index in [1.807, 2.05) is 37.3 Å². The second-order valence-electron chi connectivity index (χ2n) is 5.53. The highest BCUT2D eigenvalue weighted by molar-refractivity contribution is 5.89. The van der Waals surface area contributed by atoms with Crippen LogP contribution in [0, 0.1) is 5.82 Å². The first-order valence-electron chi connectivity index (χ1n) is 8.02. The molecule has 0 aliphatic rings. The minimum atomic E-state index is -0.691. The molecule has 0 fully saturated rings. The predicted octanol–water partition coefficient (Wildman–Crippen LogP) is 3.27. The van der Waals surface area contributed by atoms with Crippen molar-refractivity contribution in [1.82, 2.24) is 5.32 Å². The summed E-state index contributed by atoms with van der Waals surface area (Å²) in [7, 11) is 1.37. The van der Waals surface area contributed by atoms with Crippen molar-refractivity contribution in [1.29, 1.82) is 0 Å². The maximum absolute atomic E-state index is 13.6. The van der Waals surface area contributed by atoms with Gasteiger partial charge in [-0.05, 0) is 36.3 Å². The third-order valence-electron chi connectivity index (χ3n) is 3.61. The molecule has 0 aliphatic carbocycles. The molecule has 1 atom stereocenters.